The molecule has 21 nitrogen and oxygen atoms in total. The second-order valence-electron chi connectivity index (χ2n) is 20.8. The van der Waals surface area contributed by atoms with Gasteiger partial charge in [-0.2, -0.15) is 0 Å². The highest BCUT2D eigenvalue weighted by atomic mass is 32.2. The number of esters is 1. The lowest BCUT2D eigenvalue weighted by Crippen LogP contribution is -2.56. The summed E-state index contributed by atoms with van der Waals surface area (Å²) in [5.41, 5.74) is -1.10. The first-order valence-corrected chi connectivity index (χ1v) is 28.3. The van der Waals surface area contributed by atoms with E-state index >= 15 is 0 Å². The molecule has 3 fully saturated rings. The number of methoxy groups -OCH3 is 2. The van der Waals surface area contributed by atoms with E-state index in [-0.39, 0.29) is 48.5 Å². The Morgan fingerprint density at radius 3 is 2.38 bits per heavy atom. The largest absolute Gasteiger partial charge is 0.497 e. The van der Waals surface area contributed by atoms with Crippen LogP contribution in [0.25, 0.3) is 22.3 Å². The van der Waals surface area contributed by atoms with E-state index in [0.29, 0.717) is 71.0 Å². The Bertz CT molecular complexity index is 2940. The SMILES string of the molecule is C=CC1CC1(NC(=O)C1CC(Oc2cc(-c3csc(NC(C)C)n3)nc3cc(OC)ccc23)CN1C(=O)OC(C)(C)C)C(=O)NS(=O)(=O)c1ccccc1NC(=O)CCCCCCC(NC(=O)OC1CCCC1)C(=O)OC. The van der Waals surface area contributed by atoms with Gasteiger partial charge in [0, 0.05) is 47.7 Å². The van der Waals surface area contributed by atoms with Crippen molar-refractivity contribution in [3.63, 3.8) is 0 Å². The molecule has 5 amide bonds. The van der Waals surface area contributed by atoms with Crippen molar-refractivity contribution in [1.82, 2.24) is 30.2 Å². The lowest BCUT2D eigenvalue weighted by molar-refractivity contribution is -0.143. The zero-order chi connectivity index (χ0) is 55.7. The minimum Gasteiger partial charge on any atom is -0.497 e. The van der Waals surface area contributed by atoms with Crippen LogP contribution in [0.15, 0.2) is 71.5 Å². The summed E-state index contributed by atoms with van der Waals surface area (Å²) in [6.07, 6.45) is 5.14. The molecular weight excluding hydrogens is 1030 g/mol. The van der Waals surface area contributed by atoms with Crippen LogP contribution in [0.2, 0.25) is 0 Å². The zero-order valence-corrected chi connectivity index (χ0v) is 46.2. The number of likely N-dealkylation sites (tertiary alicyclic amines) is 1. The number of carbonyl (C=O) groups excluding carboxylic acids is 6. The van der Waals surface area contributed by atoms with E-state index in [1.165, 1.54) is 53.7 Å². The number of anilines is 2. The molecule has 77 heavy (non-hydrogen) atoms. The number of nitrogens with zero attached hydrogens (tertiary/aromatic N) is 3. The number of hydrogen-bond acceptors (Lipinski definition) is 17. The lowest BCUT2D eigenvalue weighted by Gasteiger charge is -2.29. The summed E-state index contributed by atoms with van der Waals surface area (Å²) in [6.45, 7) is 12.8. The fourth-order valence-electron chi connectivity index (χ4n) is 9.40. The van der Waals surface area contributed by atoms with Gasteiger partial charge in [-0.1, -0.05) is 37.5 Å². The molecule has 5 N–H and O–H groups in total. The summed E-state index contributed by atoms with van der Waals surface area (Å²) < 4.78 is 58.4. The Labute approximate surface area is 453 Å². The Morgan fingerprint density at radius 2 is 1.69 bits per heavy atom. The van der Waals surface area contributed by atoms with Crippen LogP contribution in [0.1, 0.15) is 112 Å². The van der Waals surface area contributed by atoms with Gasteiger partial charge in [0.1, 0.15) is 57.5 Å². The van der Waals surface area contributed by atoms with Crippen molar-refractivity contribution >= 4 is 79.0 Å². The summed E-state index contributed by atoms with van der Waals surface area (Å²) in [5, 5.41) is 14.6. The summed E-state index contributed by atoms with van der Waals surface area (Å²) in [5.74, 6) is -2.55. The maximum atomic E-state index is 14.6. The first-order chi connectivity index (χ1) is 36.6. The van der Waals surface area contributed by atoms with Gasteiger partial charge in [-0.05, 0) is 104 Å². The second-order valence-corrected chi connectivity index (χ2v) is 23.3. The minimum absolute atomic E-state index is 0.00808. The van der Waals surface area contributed by atoms with Gasteiger partial charge < -0.3 is 45.0 Å². The van der Waals surface area contributed by atoms with E-state index in [1.54, 1.807) is 52.1 Å². The molecule has 2 aliphatic carbocycles. The van der Waals surface area contributed by atoms with Gasteiger partial charge in [0.25, 0.3) is 15.9 Å². The quantitative estimate of drug-likeness (QED) is 0.0204. The van der Waals surface area contributed by atoms with Crippen molar-refractivity contribution in [2.75, 3.05) is 31.4 Å². The zero-order valence-electron chi connectivity index (χ0n) is 44.6. The van der Waals surface area contributed by atoms with Crippen LogP contribution < -0.4 is 35.5 Å². The first kappa shape index (κ1) is 57.7. The van der Waals surface area contributed by atoms with Gasteiger partial charge in [0.05, 0.1) is 37.7 Å². The third-order valence-corrected chi connectivity index (χ3v) is 15.5. The van der Waals surface area contributed by atoms with E-state index in [9.17, 15) is 37.2 Å². The highest BCUT2D eigenvalue weighted by Gasteiger charge is 2.61. The lowest BCUT2D eigenvalue weighted by atomic mass is 10.1. The minimum atomic E-state index is -4.67. The molecule has 0 radical (unpaired) electrons. The number of pyridine rings is 1. The van der Waals surface area contributed by atoms with Crippen LogP contribution in [0.3, 0.4) is 0 Å². The molecule has 2 aromatic heterocycles. The number of nitrogens with one attached hydrogen (secondary N) is 5. The fourth-order valence-corrected chi connectivity index (χ4v) is 11.5. The number of sulfonamides is 1. The van der Waals surface area contributed by atoms with Crippen LogP contribution in [0, 0.1) is 5.92 Å². The highest BCUT2D eigenvalue weighted by molar-refractivity contribution is 7.90. The number of alkyl carbamates (subject to hydrolysis) is 1. The molecule has 2 saturated carbocycles. The number of ether oxygens (including phenoxy) is 5. The average Bonchev–Trinajstić information content (AvgIpc) is 3.88. The van der Waals surface area contributed by atoms with Gasteiger partial charge in [0.2, 0.25) is 11.8 Å². The Balaban J connectivity index is 0.998. The molecule has 23 heteroatoms. The number of unbranched alkanes of at least 4 members (excludes halogenated alkanes) is 3. The number of thiazole rings is 1. The third-order valence-electron chi connectivity index (χ3n) is 13.4. The van der Waals surface area contributed by atoms with Gasteiger partial charge in [-0.3, -0.25) is 19.3 Å². The molecule has 1 saturated heterocycles. The summed E-state index contributed by atoms with van der Waals surface area (Å²) in [6, 6.07) is 10.8. The van der Waals surface area contributed by atoms with Gasteiger partial charge in [-0.25, -0.2) is 37.5 Å². The van der Waals surface area contributed by atoms with Gasteiger partial charge in [-0.15, -0.1) is 17.9 Å². The fraction of sp³-hybridized carbons (Fsp3) is 0.519. The van der Waals surface area contributed by atoms with Crippen LogP contribution in [-0.4, -0.2) is 121 Å². The molecule has 0 bridgehead atoms. The summed E-state index contributed by atoms with van der Waals surface area (Å²) >= 11 is 1.43. The standard InChI is InChI=1S/C54H70N8O13S2/c1-9-33-29-54(33,49(66)61-77(69,70)45-22-17-16-20-38(45)57-46(63)23-13-11-10-12-21-39(48(65)72-8)59-51(67)74-34-18-14-15-19-34)60-47(64)43-27-36(30-62(43)52(68)75-53(4,5)6)73-44-28-41(42-31-76-50(58-42)55-32(2)3)56-40-26-35(71-7)24-25-37(40)44/h9,16-17,20,22,24-26,28,31-34,36,39,43H,1,10-15,18-19,21,23,27,29-30H2,2-8H3,(H,55,58)(H,57,63)(H,59,67)(H,60,64)(H,61,66). The topological polar surface area (TPSA) is 272 Å². The number of carbonyl (C=O) groups is 6. The molecule has 3 heterocycles. The molecule has 4 aromatic rings. The van der Waals surface area contributed by atoms with Crippen molar-refractivity contribution in [2.24, 2.45) is 5.92 Å². The predicted octanol–water partition coefficient (Wildman–Crippen LogP) is 8.00. The number of rotatable bonds is 23. The molecular formula is C54H70N8O13S2. The number of amides is 5. The normalized spacial score (nSPS) is 19.7. The van der Waals surface area contributed by atoms with E-state index in [1.807, 2.05) is 19.2 Å². The highest BCUT2D eigenvalue weighted by Crippen LogP contribution is 2.46. The van der Waals surface area contributed by atoms with Crippen LogP contribution >= 0.6 is 11.3 Å². The van der Waals surface area contributed by atoms with Gasteiger partial charge >= 0.3 is 18.2 Å². The van der Waals surface area contributed by atoms with E-state index in [2.05, 4.69) is 32.6 Å². The molecule has 2 aromatic carbocycles. The summed E-state index contributed by atoms with van der Waals surface area (Å²) in [7, 11) is -1.88. The van der Waals surface area contributed by atoms with Crippen molar-refractivity contribution in [2.45, 2.75) is 158 Å². The second kappa shape index (κ2) is 25.0. The molecule has 5 atom stereocenters. The van der Waals surface area contributed by atoms with Crippen molar-refractivity contribution < 1.29 is 60.9 Å². The number of fused-ring (bicyclic) bond motifs is 1. The maximum Gasteiger partial charge on any atom is 0.411 e. The summed E-state index contributed by atoms with van der Waals surface area (Å²) in [4.78, 5) is 91.1. The van der Waals surface area contributed by atoms with Crippen molar-refractivity contribution in [3.8, 4) is 22.9 Å². The van der Waals surface area contributed by atoms with Crippen molar-refractivity contribution in [1.29, 1.82) is 0 Å². The maximum absolute atomic E-state index is 14.6. The van der Waals surface area contributed by atoms with E-state index in [0.717, 1.165) is 25.7 Å². The third kappa shape index (κ3) is 14.9. The van der Waals surface area contributed by atoms with E-state index < -0.39 is 81.1 Å². The predicted molar refractivity (Wildman–Crippen MR) is 289 cm³/mol. The Hall–Kier alpha value is -7.01. The van der Waals surface area contributed by atoms with Crippen LogP contribution in [0.4, 0.5) is 20.4 Å². The van der Waals surface area contributed by atoms with E-state index in [4.69, 9.17) is 33.7 Å². The molecule has 5 unspecified atom stereocenters. The van der Waals surface area contributed by atoms with Crippen molar-refractivity contribution in [3.05, 3.63) is 66.6 Å². The number of hydrogen-bond donors (Lipinski definition) is 5. The molecule has 7 rings (SSSR count). The molecule has 3 aliphatic rings. The average molecular weight is 1100 g/mol. The number of aromatic nitrogens is 2. The smallest absolute Gasteiger partial charge is 0.411 e. The van der Waals surface area contributed by atoms with Gasteiger partial charge in [0.15, 0.2) is 5.13 Å². The first-order valence-electron chi connectivity index (χ1n) is 25.9. The number of para-hydroxylation sites is 1. The Kier molecular flexibility index (Phi) is 18.7. The van der Waals surface area contributed by atoms with Crippen LogP contribution in [-0.2, 0) is 43.4 Å². The number of benzene rings is 2. The molecule has 416 valence electrons. The Morgan fingerprint density at radius 1 is 0.948 bits per heavy atom. The molecule has 1 aliphatic heterocycles. The molecule has 0 spiro atoms. The monoisotopic (exact) mass is 1100 g/mol. The van der Waals surface area contributed by atoms with Crippen LogP contribution in [0.5, 0.6) is 11.5 Å².